The summed E-state index contributed by atoms with van der Waals surface area (Å²) in [7, 11) is 0. The summed E-state index contributed by atoms with van der Waals surface area (Å²) in [6, 6.07) is 1.94. The molecule has 0 unspecified atom stereocenters. The summed E-state index contributed by atoms with van der Waals surface area (Å²) in [5, 5.41) is 28.7. The third kappa shape index (κ3) is 3.62. The van der Waals surface area contributed by atoms with Crippen molar-refractivity contribution in [3.05, 3.63) is 34.9 Å². The highest BCUT2D eigenvalue weighted by atomic mass is 16.4. The number of rotatable bonds is 6. The Labute approximate surface area is 137 Å². The van der Waals surface area contributed by atoms with Gasteiger partial charge in [-0.2, -0.15) is 10.2 Å². The van der Waals surface area contributed by atoms with E-state index in [-0.39, 0.29) is 12.1 Å². The first-order valence-corrected chi connectivity index (χ1v) is 7.78. The summed E-state index contributed by atoms with van der Waals surface area (Å²) in [6.07, 6.45) is 2.93. The molecule has 0 radical (unpaired) electrons. The fraction of sp³-hybridized carbons (Fsp3) is 0.467. The van der Waals surface area contributed by atoms with Crippen LogP contribution in [0, 0.1) is 0 Å². The fourth-order valence-electron chi connectivity index (χ4n) is 2.94. The van der Waals surface area contributed by atoms with Gasteiger partial charge in [0.2, 0.25) is 0 Å². The lowest BCUT2D eigenvalue weighted by atomic mass is 10.2. The number of aromatic nitrogens is 4. The summed E-state index contributed by atoms with van der Waals surface area (Å²) < 4.78 is 1.92. The number of carboxylic acids is 2. The Bertz CT molecular complexity index is 751. The fourth-order valence-corrected chi connectivity index (χ4v) is 2.94. The van der Waals surface area contributed by atoms with Gasteiger partial charge in [0.25, 0.3) is 0 Å². The zero-order valence-electron chi connectivity index (χ0n) is 13.1. The van der Waals surface area contributed by atoms with Crippen LogP contribution in [-0.4, -0.2) is 53.6 Å². The van der Waals surface area contributed by atoms with E-state index < -0.39 is 11.9 Å². The average Bonchev–Trinajstić information content (AvgIpc) is 3.08. The SMILES string of the molecule is O=C(O)CCc1cc2n(n1)CCCN(Cc1cn[nH]c1C(=O)O)C2. The van der Waals surface area contributed by atoms with Crippen LogP contribution in [0.2, 0.25) is 0 Å². The quantitative estimate of drug-likeness (QED) is 0.711. The first kappa shape index (κ1) is 16.2. The van der Waals surface area contributed by atoms with Gasteiger partial charge in [-0.3, -0.25) is 19.5 Å². The number of nitrogens with zero attached hydrogens (tertiary/aromatic N) is 4. The Morgan fingerprint density at radius 2 is 2.12 bits per heavy atom. The smallest absolute Gasteiger partial charge is 0.354 e. The molecular weight excluding hydrogens is 314 g/mol. The molecule has 2 aromatic rings. The van der Waals surface area contributed by atoms with Gasteiger partial charge in [0.1, 0.15) is 5.69 Å². The van der Waals surface area contributed by atoms with Crippen molar-refractivity contribution < 1.29 is 19.8 Å². The molecule has 0 amide bonds. The van der Waals surface area contributed by atoms with Gasteiger partial charge >= 0.3 is 11.9 Å². The van der Waals surface area contributed by atoms with Gasteiger partial charge in [-0.05, 0) is 12.5 Å². The highest BCUT2D eigenvalue weighted by molar-refractivity contribution is 5.86. The highest BCUT2D eigenvalue weighted by Crippen LogP contribution is 2.18. The molecule has 0 aromatic carbocycles. The van der Waals surface area contributed by atoms with E-state index in [4.69, 9.17) is 10.2 Å². The third-order valence-corrected chi connectivity index (χ3v) is 4.06. The third-order valence-electron chi connectivity index (χ3n) is 4.06. The molecule has 0 atom stereocenters. The van der Waals surface area contributed by atoms with Crippen LogP contribution in [0.5, 0.6) is 0 Å². The topological polar surface area (TPSA) is 124 Å². The van der Waals surface area contributed by atoms with Gasteiger partial charge in [0.15, 0.2) is 0 Å². The van der Waals surface area contributed by atoms with E-state index in [1.165, 1.54) is 0 Å². The van der Waals surface area contributed by atoms with Crippen molar-refractivity contribution in [2.75, 3.05) is 6.54 Å². The zero-order chi connectivity index (χ0) is 17.1. The van der Waals surface area contributed by atoms with Crippen LogP contribution < -0.4 is 0 Å². The molecule has 9 nitrogen and oxygen atoms in total. The molecule has 0 bridgehead atoms. The van der Waals surface area contributed by atoms with Crippen molar-refractivity contribution in [2.24, 2.45) is 0 Å². The number of carboxylic acid groups (broad SMARTS) is 2. The summed E-state index contributed by atoms with van der Waals surface area (Å²) in [5.41, 5.74) is 2.58. The minimum Gasteiger partial charge on any atom is -0.481 e. The maximum Gasteiger partial charge on any atom is 0.354 e. The van der Waals surface area contributed by atoms with E-state index >= 15 is 0 Å². The molecule has 0 saturated carbocycles. The van der Waals surface area contributed by atoms with Gasteiger partial charge in [-0.25, -0.2) is 4.79 Å². The number of hydrogen-bond acceptors (Lipinski definition) is 5. The van der Waals surface area contributed by atoms with Crippen molar-refractivity contribution in [3.63, 3.8) is 0 Å². The number of fused-ring (bicyclic) bond motifs is 1. The number of aryl methyl sites for hydroxylation is 2. The van der Waals surface area contributed by atoms with E-state index in [1.54, 1.807) is 6.20 Å². The second-order valence-corrected chi connectivity index (χ2v) is 5.88. The lowest BCUT2D eigenvalue weighted by Crippen LogP contribution is -2.23. The van der Waals surface area contributed by atoms with Crippen molar-refractivity contribution in [1.29, 1.82) is 0 Å². The molecular formula is C15H19N5O4. The van der Waals surface area contributed by atoms with Gasteiger partial charge in [-0.1, -0.05) is 0 Å². The standard InChI is InChI=1S/C15H19N5O4/c21-13(22)3-2-11-6-12-9-19(4-1-5-20(12)18-11)8-10-7-16-17-14(10)15(23)24/h6-7H,1-5,8-9H2,(H,16,17)(H,21,22)(H,23,24). The number of nitrogens with one attached hydrogen (secondary N) is 1. The predicted octanol–water partition coefficient (Wildman–Crippen LogP) is 0.727. The molecule has 3 rings (SSSR count). The van der Waals surface area contributed by atoms with Gasteiger partial charge in [0.05, 0.1) is 24.0 Å². The summed E-state index contributed by atoms with van der Waals surface area (Å²) in [5.74, 6) is -1.85. The van der Waals surface area contributed by atoms with Crippen molar-refractivity contribution in [1.82, 2.24) is 24.9 Å². The predicted molar refractivity (Wildman–Crippen MR) is 82.5 cm³/mol. The molecule has 3 N–H and O–H groups in total. The summed E-state index contributed by atoms with van der Waals surface area (Å²) >= 11 is 0. The van der Waals surface area contributed by atoms with Gasteiger partial charge in [0, 0.05) is 38.2 Å². The van der Waals surface area contributed by atoms with Crippen LogP contribution in [0.4, 0.5) is 0 Å². The Kier molecular flexibility index (Phi) is 4.61. The van der Waals surface area contributed by atoms with E-state index in [0.717, 1.165) is 30.9 Å². The first-order chi connectivity index (χ1) is 11.5. The van der Waals surface area contributed by atoms with E-state index in [9.17, 15) is 9.59 Å². The number of hydrogen-bond donors (Lipinski definition) is 3. The van der Waals surface area contributed by atoms with Gasteiger partial charge < -0.3 is 10.2 Å². The van der Waals surface area contributed by atoms with Crippen molar-refractivity contribution in [3.8, 4) is 0 Å². The van der Waals surface area contributed by atoms with Crippen molar-refractivity contribution >= 4 is 11.9 Å². The maximum atomic E-state index is 11.2. The molecule has 3 heterocycles. The minimum atomic E-state index is -1.02. The second-order valence-electron chi connectivity index (χ2n) is 5.88. The van der Waals surface area contributed by atoms with E-state index in [1.807, 2.05) is 10.7 Å². The number of aromatic carboxylic acids is 1. The van der Waals surface area contributed by atoms with Crippen LogP contribution in [-0.2, 0) is 30.8 Å². The van der Waals surface area contributed by atoms with Crippen LogP contribution in [0.15, 0.2) is 12.3 Å². The van der Waals surface area contributed by atoms with Crippen LogP contribution in [0.25, 0.3) is 0 Å². The number of aromatic amines is 1. The Hall–Kier alpha value is -2.68. The Morgan fingerprint density at radius 1 is 1.29 bits per heavy atom. The number of H-pyrrole nitrogens is 1. The first-order valence-electron chi connectivity index (χ1n) is 7.78. The molecule has 0 spiro atoms. The summed E-state index contributed by atoms with van der Waals surface area (Å²) in [4.78, 5) is 24.0. The maximum absolute atomic E-state index is 11.2. The Balaban J connectivity index is 1.71. The molecule has 2 aromatic heterocycles. The molecule has 0 saturated heterocycles. The lowest BCUT2D eigenvalue weighted by molar-refractivity contribution is -0.136. The van der Waals surface area contributed by atoms with Crippen molar-refractivity contribution in [2.45, 2.75) is 38.9 Å². The van der Waals surface area contributed by atoms with Crippen LogP contribution in [0.1, 0.15) is 40.3 Å². The van der Waals surface area contributed by atoms with E-state index in [0.29, 0.717) is 25.1 Å². The highest BCUT2D eigenvalue weighted by Gasteiger charge is 2.20. The van der Waals surface area contributed by atoms with Gasteiger partial charge in [-0.15, -0.1) is 0 Å². The molecule has 24 heavy (non-hydrogen) atoms. The number of aliphatic carboxylic acids is 1. The molecule has 1 aliphatic rings. The summed E-state index contributed by atoms with van der Waals surface area (Å²) in [6.45, 7) is 2.74. The average molecular weight is 333 g/mol. The second kappa shape index (κ2) is 6.83. The molecule has 1 aliphatic heterocycles. The molecule has 0 fully saturated rings. The minimum absolute atomic E-state index is 0.0666. The van der Waals surface area contributed by atoms with Crippen LogP contribution >= 0.6 is 0 Å². The normalized spacial score (nSPS) is 15.0. The number of carbonyl (C=O) groups is 2. The monoisotopic (exact) mass is 333 g/mol. The zero-order valence-corrected chi connectivity index (χ0v) is 13.1. The lowest BCUT2D eigenvalue weighted by Gasteiger charge is -2.18. The van der Waals surface area contributed by atoms with Crippen LogP contribution in [0.3, 0.4) is 0 Å². The molecule has 9 heteroatoms. The molecule has 128 valence electrons. The Morgan fingerprint density at radius 3 is 2.88 bits per heavy atom. The molecule has 0 aliphatic carbocycles. The van der Waals surface area contributed by atoms with E-state index in [2.05, 4.69) is 20.2 Å². The largest absolute Gasteiger partial charge is 0.481 e.